The Morgan fingerprint density at radius 2 is 2.32 bits per heavy atom. The van der Waals surface area contributed by atoms with Crippen LogP contribution in [0.15, 0.2) is 34.1 Å². The van der Waals surface area contributed by atoms with Gasteiger partial charge in [0, 0.05) is 17.5 Å². The zero-order chi connectivity index (χ0) is 13.7. The maximum atomic E-state index is 12.1. The largest absolute Gasteiger partial charge is 0.314 e. The van der Waals surface area contributed by atoms with E-state index in [0.29, 0.717) is 17.5 Å². The standard InChI is InChI=1S/C13H20N2O2S2/c1-18-12-5-2-6-13(10-12)19(16,17)15-9-7-11-4-3-8-14-11/h2,5-6,10-11,14-15H,3-4,7-9H2,1H3/t11-/m1/s1. The van der Waals surface area contributed by atoms with Crippen LogP contribution in [0, 0.1) is 0 Å². The van der Waals surface area contributed by atoms with Crippen LogP contribution in [0.3, 0.4) is 0 Å². The number of nitrogens with one attached hydrogen (secondary N) is 2. The van der Waals surface area contributed by atoms with Gasteiger partial charge in [-0.15, -0.1) is 11.8 Å². The second kappa shape index (κ2) is 6.74. The third-order valence-electron chi connectivity index (χ3n) is 3.30. The van der Waals surface area contributed by atoms with Crippen molar-refractivity contribution in [1.29, 1.82) is 0 Å². The molecule has 0 bridgehead atoms. The predicted octanol–water partition coefficient (Wildman–Crippen LogP) is 1.83. The summed E-state index contributed by atoms with van der Waals surface area (Å²) in [4.78, 5) is 1.30. The molecule has 0 amide bonds. The highest BCUT2D eigenvalue weighted by atomic mass is 32.2. The lowest BCUT2D eigenvalue weighted by atomic mass is 10.2. The minimum atomic E-state index is -3.38. The monoisotopic (exact) mass is 300 g/mol. The van der Waals surface area contributed by atoms with Gasteiger partial charge in [0.05, 0.1) is 4.90 Å². The van der Waals surface area contributed by atoms with E-state index in [1.54, 1.807) is 30.0 Å². The van der Waals surface area contributed by atoms with Crippen molar-refractivity contribution in [2.45, 2.75) is 35.1 Å². The minimum absolute atomic E-state index is 0.346. The Balaban J connectivity index is 1.93. The Hall–Kier alpha value is -0.560. The van der Waals surface area contributed by atoms with Crippen molar-refractivity contribution in [2.75, 3.05) is 19.3 Å². The summed E-state index contributed by atoms with van der Waals surface area (Å²) < 4.78 is 26.9. The Bertz CT molecular complexity index is 511. The fourth-order valence-corrected chi connectivity index (χ4v) is 3.85. The van der Waals surface area contributed by atoms with Gasteiger partial charge in [-0.1, -0.05) is 6.07 Å². The molecule has 1 aliphatic heterocycles. The van der Waals surface area contributed by atoms with Gasteiger partial charge in [0.25, 0.3) is 0 Å². The second-order valence-corrected chi connectivity index (χ2v) is 7.31. The van der Waals surface area contributed by atoms with Gasteiger partial charge in [0.15, 0.2) is 0 Å². The van der Waals surface area contributed by atoms with E-state index in [4.69, 9.17) is 0 Å². The van der Waals surface area contributed by atoms with Gasteiger partial charge in [-0.2, -0.15) is 0 Å². The molecule has 0 unspecified atom stereocenters. The van der Waals surface area contributed by atoms with Crippen LogP contribution in [0.1, 0.15) is 19.3 Å². The van der Waals surface area contributed by atoms with Crippen molar-refractivity contribution < 1.29 is 8.42 Å². The predicted molar refractivity (Wildman–Crippen MR) is 79.1 cm³/mol. The molecule has 1 fully saturated rings. The number of thioether (sulfide) groups is 1. The minimum Gasteiger partial charge on any atom is -0.314 e. The van der Waals surface area contributed by atoms with Crippen LogP contribution in [0.2, 0.25) is 0 Å². The van der Waals surface area contributed by atoms with E-state index in [0.717, 1.165) is 24.3 Å². The molecule has 19 heavy (non-hydrogen) atoms. The van der Waals surface area contributed by atoms with E-state index in [1.807, 2.05) is 12.3 Å². The van der Waals surface area contributed by atoms with Crippen LogP contribution in [0.25, 0.3) is 0 Å². The summed E-state index contributed by atoms with van der Waals surface area (Å²) in [5.74, 6) is 0. The summed E-state index contributed by atoms with van der Waals surface area (Å²) in [5, 5.41) is 3.36. The molecular weight excluding hydrogens is 280 g/mol. The molecule has 1 heterocycles. The summed E-state index contributed by atoms with van der Waals surface area (Å²) in [5.41, 5.74) is 0. The molecule has 106 valence electrons. The lowest BCUT2D eigenvalue weighted by Gasteiger charge is -2.11. The first-order valence-electron chi connectivity index (χ1n) is 6.49. The van der Waals surface area contributed by atoms with Gasteiger partial charge in [0.2, 0.25) is 10.0 Å². The third-order valence-corrected chi connectivity index (χ3v) is 5.48. The maximum Gasteiger partial charge on any atom is 0.240 e. The summed E-state index contributed by atoms with van der Waals surface area (Å²) in [6, 6.07) is 7.49. The molecule has 1 aliphatic rings. The molecule has 1 saturated heterocycles. The summed E-state index contributed by atoms with van der Waals surface area (Å²) in [6.45, 7) is 1.54. The van der Waals surface area contributed by atoms with Gasteiger partial charge in [-0.3, -0.25) is 0 Å². The summed E-state index contributed by atoms with van der Waals surface area (Å²) >= 11 is 1.54. The van der Waals surface area contributed by atoms with Gasteiger partial charge >= 0.3 is 0 Å². The number of rotatable bonds is 6. The highest BCUT2D eigenvalue weighted by molar-refractivity contribution is 7.98. The highest BCUT2D eigenvalue weighted by Crippen LogP contribution is 2.19. The first kappa shape index (κ1) is 14.8. The van der Waals surface area contributed by atoms with Crippen LogP contribution in [-0.2, 0) is 10.0 Å². The molecule has 2 N–H and O–H groups in total. The second-order valence-electron chi connectivity index (χ2n) is 4.66. The van der Waals surface area contributed by atoms with Crippen LogP contribution in [0.5, 0.6) is 0 Å². The van der Waals surface area contributed by atoms with Crippen LogP contribution >= 0.6 is 11.8 Å². The Labute approximate surface area is 119 Å². The SMILES string of the molecule is CSc1cccc(S(=O)(=O)NCC[C@H]2CCCN2)c1. The molecule has 0 aromatic heterocycles. The molecule has 1 aromatic rings. The Kier molecular flexibility index (Phi) is 5.27. The topological polar surface area (TPSA) is 58.2 Å². The van der Waals surface area contributed by atoms with Crippen molar-refractivity contribution >= 4 is 21.8 Å². The Morgan fingerprint density at radius 3 is 3.00 bits per heavy atom. The summed E-state index contributed by atoms with van der Waals surface area (Å²) in [7, 11) is -3.38. The lowest BCUT2D eigenvalue weighted by molar-refractivity contribution is 0.539. The number of hydrogen-bond donors (Lipinski definition) is 2. The quantitative estimate of drug-likeness (QED) is 0.787. The van der Waals surface area contributed by atoms with E-state index in [2.05, 4.69) is 10.0 Å². The molecule has 4 nitrogen and oxygen atoms in total. The molecule has 0 saturated carbocycles. The van der Waals surface area contributed by atoms with E-state index >= 15 is 0 Å². The number of hydrogen-bond acceptors (Lipinski definition) is 4. The normalized spacial score (nSPS) is 19.7. The van der Waals surface area contributed by atoms with Crippen molar-refractivity contribution in [3.63, 3.8) is 0 Å². The fourth-order valence-electron chi connectivity index (χ4n) is 2.22. The fraction of sp³-hybridized carbons (Fsp3) is 0.538. The molecule has 0 radical (unpaired) electrons. The van der Waals surface area contributed by atoms with Gasteiger partial charge < -0.3 is 5.32 Å². The first-order valence-corrected chi connectivity index (χ1v) is 9.20. The van der Waals surface area contributed by atoms with E-state index in [9.17, 15) is 8.42 Å². The van der Waals surface area contributed by atoms with Crippen LogP contribution < -0.4 is 10.0 Å². The molecule has 2 rings (SSSR count). The summed E-state index contributed by atoms with van der Waals surface area (Å²) in [6.07, 6.45) is 5.11. The smallest absolute Gasteiger partial charge is 0.240 e. The van der Waals surface area contributed by atoms with E-state index in [-0.39, 0.29) is 0 Å². The zero-order valence-corrected chi connectivity index (χ0v) is 12.7. The van der Waals surface area contributed by atoms with Gasteiger partial charge in [-0.05, 0) is 50.3 Å². The molecule has 1 aromatic carbocycles. The lowest BCUT2D eigenvalue weighted by Crippen LogP contribution is -2.30. The van der Waals surface area contributed by atoms with Crippen molar-refractivity contribution in [3.8, 4) is 0 Å². The van der Waals surface area contributed by atoms with Crippen molar-refractivity contribution in [1.82, 2.24) is 10.0 Å². The van der Waals surface area contributed by atoms with E-state index < -0.39 is 10.0 Å². The van der Waals surface area contributed by atoms with Crippen molar-refractivity contribution in [3.05, 3.63) is 24.3 Å². The van der Waals surface area contributed by atoms with Crippen LogP contribution in [0.4, 0.5) is 0 Å². The highest BCUT2D eigenvalue weighted by Gasteiger charge is 2.17. The maximum absolute atomic E-state index is 12.1. The zero-order valence-electron chi connectivity index (χ0n) is 11.1. The van der Waals surface area contributed by atoms with E-state index in [1.165, 1.54) is 6.42 Å². The van der Waals surface area contributed by atoms with Gasteiger partial charge in [0.1, 0.15) is 0 Å². The molecule has 0 spiro atoms. The average Bonchev–Trinajstić information content (AvgIpc) is 2.92. The molecular formula is C13H20N2O2S2. The Morgan fingerprint density at radius 1 is 1.47 bits per heavy atom. The molecule has 6 heteroatoms. The van der Waals surface area contributed by atoms with Gasteiger partial charge in [-0.25, -0.2) is 13.1 Å². The first-order chi connectivity index (χ1) is 9.12. The number of sulfonamides is 1. The number of benzene rings is 1. The third kappa shape index (κ3) is 4.21. The average molecular weight is 300 g/mol. The van der Waals surface area contributed by atoms with Crippen LogP contribution in [-0.4, -0.2) is 33.8 Å². The molecule has 1 atom stereocenters. The van der Waals surface area contributed by atoms with Crippen molar-refractivity contribution in [2.24, 2.45) is 0 Å². The molecule has 0 aliphatic carbocycles.